The molecule has 1 aromatic carbocycles. The lowest BCUT2D eigenvalue weighted by molar-refractivity contribution is 0.481. The molecule has 0 unspecified atom stereocenters. The van der Waals surface area contributed by atoms with Crippen LogP contribution in [0.3, 0.4) is 0 Å². The van der Waals surface area contributed by atoms with Crippen LogP contribution in [0.1, 0.15) is 0 Å². The highest BCUT2D eigenvalue weighted by molar-refractivity contribution is 9.10. The molecule has 7 nitrogen and oxygen atoms in total. The molecule has 16 heavy (non-hydrogen) atoms. The Hall–Kier alpha value is -0.680. The molecule has 1 rings (SSSR count). The van der Waals surface area contributed by atoms with Gasteiger partial charge in [-0.1, -0.05) is 0 Å². The Labute approximate surface area is 99.9 Å². The van der Waals surface area contributed by atoms with E-state index in [0.29, 0.717) is 6.07 Å². The number of halogens is 1. The van der Waals surface area contributed by atoms with Gasteiger partial charge in [0.2, 0.25) is 0 Å². The number of hydrogen-bond donors (Lipinski definition) is 3. The molecule has 0 aliphatic carbocycles. The van der Waals surface area contributed by atoms with E-state index in [1.165, 1.54) is 0 Å². The fraction of sp³-hybridized carbons (Fsp3) is 0. The van der Waals surface area contributed by atoms with Crippen LogP contribution in [0.4, 0.5) is 5.69 Å². The van der Waals surface area contributed by atoms with Gasteiger partial charge in [0.05, 0.1) is 10.6 Å². The molecule has 0 saturated carbocycles. The van der Waals surface area contributed by atoms with Crippen molar-refractivity contribution >= 4 is 41.9 Å². The average Bonchev–Trinajstić information content (AvgIpc) is 2.05. The van der Waals surface area contributed by atoms with Crippen LogP contribution in [0, 0.1) is 0 Å². The summed E-state index contributed by atoms with van der Waals surface area (Å²) < 4.78 is 60.7. The predicted octanol–water partition coefficient (Wildman–Crippen LogP) is 0.525. The highest BCUT2D eigenvalue weighted by Crippen LogP contribution is 2.30. The average molecular weight is 332 g/mol. The molecule has 0 atom stereocenters. The maximum atomic E-state index is 10.9. The Morgan fingerprint density at radius 3 is 1.94 bits per heavy atom. The third-order valence-corrected chi connectivity index (χ3v) is 4.02. The van der Waals surface area contributed by atoms with Crippen LogP contribution >= 0.6 is 15.9 Å². The molecular formula is C6H6BrNO6S2. The monoisotopic (exact) mass is 331 g/mol. The van der Waals surface area contributed by atoms with Crippen LogP contribution in [0.25, 0.3) is 0 Å². The Morgan fingerprint density at radius 1 is 1.06 bits per heavy atom. The van der Waals surface area contributed by atoms with E-state index in [1.807, 2.05) is 0 Å². The van der Waals surface area contributed by atoms with Crippen LogP contribution in [0.2, 0.25) is 0 Å². The molecule has 0 aromatic heterocycles. The Balaban J connectivity index is 3.72. The fourth-order valence-electron chi connectivity index (χ4n) is 0.931. The minimum absolute atomic E-state index is 0.0738. The second-order valence-corrected chi connectivity index (χ2v) is 6.43. The van der Waals surface area contributed by atoms with Crippen LogP contribution in [0.5, 0.6) is 0 Å². The van der Waals surface area contributed by atoms with Gasteiger partial charge in [0, 0.05) is 4.47 Å². The molecule has 0 radical (unpaired) electrons. The van der Waals surface area contributed by atoms with E-state index in [-0.39, 0.29) is 10.2 Å². The van der Waals surface area contributed by atoms with Crippen LogP contribution < -0.4 is 5.73 Å². The van der Waals surface area contributed by atoms with Gasteiger partial charge < -0.3 is 5.73 Å². The molecule has 10 heteroatoms. The molecule has 0 aliphatic heterocycles. The molecule has 0 bridgehead atoms. The minimum atomic E-state index is -4.67. The third-order valence-electron chi connectivity index (χ3n) is 1.64. The number of nitrogens with two attached hydrogens (primary N) is 1. The molecule has 4 N–H and O–H groups in total. The Bertz CT molecular complexity index is 635. The van der Waals surface area contributed by atoms with E-state index in [2.05, 4.69) is 15.9 Å². The maximum absolute atomic E-state index is 10.9. The van der Waals surface area contributed by atoms with Crippen molar-refractivity contribution in [3.8, 4) is 0 Å². The number of anilines is 1. The van der Waals surface area contributed by atoms with Crippen molar-refractivity contribution in [2.24, 2.45) is 0 Å². The fourth-order valence-corrected chi connectivity index (χ4v) is 2.95. The molecule has 0 aliphatic rings. The highest BCUT2D eigenvalue weighted by Gasteiger charge is 2.21. The molecular weight excluding hydrogens is 326 g/mol. The van der Waals surface area contributed by atoms with Crippen LogP contribution in [-0.2, 0) is 20.2 Å². The van der Waals surface area contributed by atoms with Gasteiger partial charge in [-0.3, -0.25) is 9.11 Å². The van der Waals surface area contributed by atoms with Crippen molar-refractivity contribution in [3.05, 3.63) is 16.6 Å². The molecule has 0 amide bonds. The Kier molecular flexibility index (Phi) is 3.32. The zero-order valence-electron chi connectivity index (χ0n) is 7.45. The first-order valence-electron chi connectivity index (χ1n) is 3.57. The van der Waals surface area contributed by atoms with Gasteiger partial charge in [-0.25, -0.2) is 0 Å². The highest BCUT2D eigenvalue weighted by atomic mass is 79.9. The van der Waals surface area contributed by atoms with Gasteiger partial charge in [-0.2, -0.15) is 16.8 Å². The minimum Gasteiger partial charge on any atom is -0.397 e. The van der Waals surface area contributed by atoms with Gasteiger partial charge in [0.1, 0.15) is 4.90 Å². The zero-order valence-corrected chi connectivity index (χ0v) is 10.7. The quantitative estimate of drug-likeness (QED) is 0.531. The lowest BCUT2D eigenvalue weighted by Crippen LogP contribution is -2.07. The first-order valence-corrected chi connectivity index (χ1v) is 7.25. The van der Waals surface area contributed by atoms with E-state index >= 15 is 0 Å². The summed E-state index contributed by atoms with van der Waals surface area (Å²) in [5, 5.41) is 0. The molecule has 0 saturated heterocycles. The number of hydrogen-bond acceptors (Lipinski definition) is 5. The molecule has 1 aromatic rings. The number of nitrogen functional groups attached to an aromatic ring is 1. The maximum Gasteiger partial charge on any atom is 0.296 e. The van der Waals surface area contributed by atoms with Gasteiger partial charge >= 0.3 is 0 Å². The summed E-state index contributed by atoms with van der Waals surface area (Å²) in [5.41, 5.74) is 4.97. The van der Waals surface area contributed by atoms with E-state index < -0.39 is 30.0 Å². The van der Waals surface area contributed by atoms with Crippen molar-refractivity contribution in [3.63, 3.8) is 0 Å². The second kappa shape index (κ2) is 3.96. The summed E-state index contributed by atoms with van der Waals surface area (Å²) in [7, 11) is -9.26. The van der Waals surface area contributed by atoms with Crippen molar-refractivity contribution in [2.75, 3.05) is 5.73 Å². The summed E-state index contributed by atoms with van der Waals surface area (Å²) >= 11 is 2.81. The first-order chi connectivity index (χ1) is 7.03. The second-order valence-electron chi connectivity index (χ2n) is 2.77. The van der Waals surface area contributed by atoms with Crippen molar-refractivity contribution < 1.29 is 25.9 Å². The van der Waals surface area contributed by atoms with Gasteiger partial charge in [-0.15, -0.1) is 0 Å². The smallest absolute Gasteiger partial charge is 0.296 e. The van der Waals surface area contributed by atoms with Gasteiger partial charge in [0.15, 0.2) is 0 Å². The van der Waals surface area contributed by atoms with E-state index in [9.17, 15) is 16.8 Å². The Morgan fingerprint density at radius 2 is 1.56 bits per heavy atom. The first kappa shape index (κ1) is 13.4. The largest absolute Gasteiger partial charge is 0.397 e. The molecule has 0 spiro atoms. The van der Waals surface area contributed by atoms with Crippen molar-refractivity contribution in [2.45, 2.75) is 9.79 Å². The van der Waals surface area contributed by atoms with Crippen molar-refractivity contribution in [1.82, 2.24) is 0 Å². The zero-order chi connectivity index (χ0) is 12.7. The molecule has 0 fully saturated rings. The van der Waals surface area contributed by atoms with E-state index in [1.54, 1.807) is 0 Å². The third kappa shape index (κ3) is 2.71. The van der Waals surface area contributed by atoms with Gasteiger partial charge in [-0.05, 0) is 28.1 Å². The summed E-state index contributed by atoms with van der Waals surface area (Å²) in [4.78, 5) is -1.49. The van der Waals surface area contributed by atoms with E-state index in [4.69, 9.17) is 14.8 Å². The standard InChI is InChI=1S/C6H6BrNO6S2/c7-4-1-3(15(9,10)11)2-5(6(4)8)16(12,13)14/h1-2H,8H2,(H,9,10,11)(H,12,13,14). The van der Waals surface area contributed by atoms with E-state index in [0.717, 1.165) is 6.07 Å². The number of rotatable bonds is 2. The van der Waals surface area contributed by atoms with Crippen molar-refractivity contribution in [1.29, 1.82) is 0 Å². The lowest BCUT2D eigenvalue weighted by Gasteiger charge is -2.06. The summed E-state index contributed by atoms with van der Waals surface area (Å²) in [6, 6.07) is 1.48. The summed E-state index contributed by atoms with van der Waals surface area (Å²) in [6.07, 6.45) is 0. The summed E-state index contributed by atoms with van der Waals surface area (Å²) in [6.45, 7) is 0. The predicted molar refractivity (Wildman–Crippen MR) is 58.2 cm³/mol. The topological polar surface area (TPSA) is 135 Å². The number of benzene rings is 1. The van der Waals surface area contributed by atoms with Gasteiger partial charge in [0.25, 0.3) is 20.2 Å². The normalized spacial score (nSPS) is 12.7. The van der Waals surface area contributed by atoms with Crippen LogP contribution in [-0.4, -0.2) is 25.9 Å². The summed E-state index contributed by atoms with van der Waals surface area (Å²) in [5.74, 6) is 0. The van der Waals surface area contributed by atoms with Crippen LogP contribution in [0.15, 0.2) is 26.4 Å². The molecule has 0 heterocycles. The lowest BCUT2D eigenvalue weighted by atomic mass is 10.3. The SMILES string of the molecule is Nc1c(Br)cc(S(=O)(=O)O)cc1S(=O)(=O)O. The molecule has 90 valence electrons.